The number of imidazole rings is 1. The van der Waals surface area contributed by atoms with Crippen molar-refractivity contribution in [1.29, 1.82) is 0 Å². The largest absolute Gasteiger partial charge is 0.382 e. The SMILES string of the molecule is CCc1nccn1C(CNC(C)(C)C)COC. The van der Waals surface area contributed by atoms with E-state index in [1.165, 1.54) is 0 Å². The number of aryl methyl sites for hydroxylation is 1. The highest BCUT2D eigenvalue weighted by molar-refractivity contribution is 4.96. The Morgan fingerprint density at radius 2 is 2.18 bits per heavy atom. The number of rotatable bonds is 6. The van der Waals surface area contributed by atoms with Gasteiger partial charge in [0.05, 0.1) is 12.6 Å². The third kappa shape index (κ3) is 4.48. The third-order valence-corrected chi connectivity index (χ3v) is 2.69. The number of nitrogens with zero attached hydrogens (tertiary/aromatic N) is 2. The van der Waals surface area contributed by atoms with Gasteiger partial charge in [-0.25, -0.2) is 4.98 Å². The van der Waals surface area contributed by atoms with Crippen molar-refractivity contribution in [3.63, 3.8) is 0 Å². The van der Waals surface area contributed by atoms with Gasteiger partial charge in [0.25, 0.3) is 0 Å². The van der Waals surface area contributed by atoms with Crippen LogP contribution >= 0.6 is 0 Å². The second kappa shape index (κ2) is 6.17. The predicted molar refractivity (Wildman–Crippen MR) is 70.3 cm³/mol. The molecule has 0 aliphatic carbocycles. The van der Waals surface area contributed by atoms with Crippen LogP contribution in [0.2, 0.25) is 0 Å². The summed E-state index contributed by atoms with van der Waals surface area (Å²) in [5, 5.41) is 3.52. The molecule has 0 bridgehead atoms. The molecule has 0 saturated carbocycles. The van der Waals surface area contributed by atoms with Crippen LogP contribution in [0.15, 0.2) is 12.4 Å². The maximum atomic E-state index is 5.30. The van der Waals surface area contributed by atoms with Crippen molar-refractivity contribution in [3.05, 3.63) is 18.2 Å². The number of nitrogens with one attached hydrogen (secondary N) is 1. The van der Waals surface area contributed by atoms with Gasteiger partial charge in [0, 0.05) is 38.0 Å². The van der Waals surface area contributed by atoms with Gasteiger partial charge in [0.1, 0.15) is 5.82 Å². The van der Waals surface area contributed by atoms with Gasteiger partial charge < -0.3 is 14.6 Å². The Kier molecular flexibility index (Phi) is 5.15. The standard InChI is InChI=1S/C13H25N3O/c1-6-12-14-7-8-16(12)11(10-17-5)9-15-13(2,3)4/h7-8,11,15H,6,9-10H2,1-5H3. The summed E-state index contributed by atoms with van der Waals surface area (Å²) in [4.78, 5) is 4.36. The monoisotopic (exact) mass is 239 g/mol. The molecular weight excluding hydrogens is 214 g/mol. The quantitative estimate of drug-likeness (QED) is 0.825. The van der Waals surface area contributed by atoms with E-state index in [1.807, 2.05) is 12.4 Å². The topological polar surface area (TPSA) is 39.1 Å². The van der Waals surface area contributed by atoms with Crippen LogP contribution in [0.4, 0.5) is 0 Å². The Morgan fingerprint density at radius 3 is 2.71 bits per heavy atom. The summed E-state index contributed by atoms with van der Waals surface area (Å²) < 4.78 is 7.51. The lowest BCUT2D eigenvalue weighted by molar-refractivity contribution is 0.148. The lowest BCUT2D eigenvalue weighted by atomic mass is 10.1. The van der Waals surface area contributed by atoms with Crippen LogP contribution in [-0.2, 0) is 11.2 Å². The Bertz CT molecular complexity index is 328. The summed E-state index contributed by atoms with van der Waals surface area (Å²) in [5.41, 5.74) is 0.124. The molecule has 4 heteroatoms. The van der Waals surface area contributed by atoms with Gasteiger partial charge in [-0.15, -0.1) is 0 Å². The molecule has 1 heterocycles. The number of hydrogen-bond donors (Lipinski definition) is 1. The predicted octanol–water partition coefficient (Wildman–Crippen LogP) is 2.02. The van der Waals surface area contributed by atoms with E-state index >= 15 is 0 Å². The van der Waals surface area contributed by atoms with Crippen LogP contribution in [0.3, 0.4) is 0 Å². The second-order valence-corrected chi connectivity index (χ2v) is 5.34. The van der Waals surface area contributed by atoms with Gasteiger partial charge >= 0.3 is 0 Å². The van der Waals surface area contributed by atoms with Crippen LogP contribution < -0.4 is 5.32 Å². The van der Waals surface area contributed by atoms with Crippen molar-refractivity contribution in [2.24, 2.45) is 0 Å². The molecule has 1 atom stereocenters. The molecule has 1 aromatic heterocycles. The Labute approximate surface area is 104 Å². The van der Waals surface area contributed by atoms with E-state index in [4.69, 9.17) is 4.74 Å². The highest BCUT2D eigenvalue weighted by atomic mass is 16.5. The zero-order valence-corrected chi connectivity index (χ0v) is 11.7. The number of hydrogen-bond acceptors (Lipinski definition) is 3. The first-order valence-electron chi connectivity index (χ1n) is 6.23. The minimum Gasteiger partial charge on any atom is -0.382 e. The first-order valence-corrected chi connectivity index (χ1v) is 6.23. The van der Waals surface area contributed by atoms with Crippen molar-refractivity contribution in [2.45, 2.75) is 45.7 Å². The van der Waals surface area contributed by atoms with Gasteiger partial charge in [-0.1, -0.05) is 6.92 Å². The summed E-state index contributed by atoms with van der Waals surface area (Å²) in [6.07, 6.45) is 4.84. The average Bonchev–Trinajstić information content (AvgIpc) is 2.70. The Hall–Kier alpha value is -0.870. The lowest BCUT2D eigenvalue weighted by Gasteiger charge is -2.26. The van der Waals surface area contributed by atoms with Gasteiger partial charge in [0.2, 0.25) is 0 Å². The fourth-order valence-corrected chi connectivity index (χ4v) is 1.80. The molecule has 0 amide bonds. The second-order valence-electron chi connectivity index (χ2n) is 5.34. The molecule has 1 aromatic rings. The molecule has 0 aliphatic rings. The molecular formula is C13H25N3O. The molecule has 4 nitrogen and oxygen atoms in total. The highest BCUT2D eigenvalue weighted by Gasteiger charge is 2.17. The first kappa shape index (κ1) is 14.2. The van der Waals surface area contributed by atoms with Crippen LogP contribution in [0.5, 0.6) is 0 Å². The fourth-order valence-electron chi connectivity index (χ4n) is 1.80. The zero-order chi connectivity index (χ0) is 12.9. The molecule has 0 spiro atoms. The summed E-state index contributed by atoms with van der Waals surface area (Å²) in [6.45, 7) is 10.2. The maximum Gasteiger partial charge on any atom is 0.108 e. The van der Waals surface area contributed by atoms with Crippen molar-refractivity contribution in [3.8, 4) is 0 Å². The normalized spacial score (nSPS) is 13.9. The smallest absolute Gasteiger partial charge is 0.108 e. The van der Waals surface area contributed by atoms with E-state index in [-0.39, 0.29) is 5.54 Å². The van der Waals surface area contributed by atoms with Crippen LogP contribution in [0, 0.1) is 0 Å². The molecule has 17 heavy (non-hydrogen) atoms. The molecule has 0 radical (unpaired) electrons. The molecule has 98 valence electrons. The number of ether oxygens (including phenoxy) is 1. The summed E-state index contributed by atoms with van der Waals surface area (Å²) >= 11 is 0. The van der Waals surface area contributed by atoms with E-state index in [1.54, 1.807) is 7.11 Å². The van der Waals surface area contributed by atoms with Crippen LogP contribution in [-0.4, -0.2) is 35.4 Å². The zero-order valence-electron chi connectivity index (χ0n) is 11.7. The highest BCUT2D eigenvalue weighted by Crippen LogP contribution is 2.12. The van der Waals surface area contributed by atoms with Crippen molar-refractivity contribution in [1.82, 2.24) is 14.9 Å². The minimum atomic E-state index is 0.124. The summed E-state index contributed by atoms with van der Waals surface area (Å²) in [6, 6.07) is 0.302. The Balaban J connectivity index is 2.71. The van der Waals surface area contributed by atoms with Crippen LogP contribution in [0.25, 0.3) is 0 Å². The molecule has 0 saturated heterocycles. The molecule has 1 N–H and O–H groups in total. The van der Waals surface area contributed by atoms with Gasteiger partial charge in [-0.2, -0.15) is 0 Å². The van der Waals surface area contributed by atoms with E-state index in [9.17, 15) is 0 Å². The summed E-state index contributed by atoms with van der Waals surface area (Å²) in [7, 11) is 1.74. The first-order chi connectivity index (χ1) is 7.98. The fraction of sp³-hybridized carbons (Fsp3) is 0.769. The lowest BCUT2D eigenvalue weighted by Crippen LogP contribution is -2.40. The van der Waals surface area contributed by atoms with Crippen molar-refractivity contribution < 1.29 is 4.74 Å². The molecule has 1 unspecified atom stereocenters. The Morgan fingerprint density at radius 1 is 1.47 bits per heavy atom. The van der Waals surface area contributed by atoms with Crippen molar-refractivity contribution >= 4 is 0 Å². The summed E-state index contributed by atoms with van der Waals surface area (Å²) in [5.74, 6) is 1.11. The van der Waals surface area contributed by atoms with E-state index in [2.05, 4.69) is 42.6 Å². The number of aromatic nitrogens is 2. The molecule has 0 aromatic carbocycles. The van der Waals surface area contributed by atoms with E-state index < -0.39 is 0 Å². The third-order valence-electron chi connectivity index (χ3n) is 2.69. The molecule has 1 rings (SSSR count). The van der Waals surface area contributed by atoms with E-state index in [0.717, 1.165) is 18.8 Å². The molecule has 0 fully saturated rings. The van der Waals surface area contributed by atoms with E-state index in [0.29, 0.717) is 12.6 Å². The van der Waals surface area contributed by atoms with Gasteiger partial charge in [-0.05, 0) is 20.8 Å². The van der Waals surface area contributed by atoms with Gasteiger partial charge in [0.15, 0.2) is 0 Å². The van der Waals surface area contributed by atoms with Gasteiger partial charge in [-0.3, -0.25) is 0 Å². The average molecular weight is 239 g/mol. The van der Waals surface area contributed by atoms with Crippen molar-refractivity contribution in [2.75, 3.05) is 20.3 Å². The minimum absolute atomic E-state index is 0.124. The van der Waals surface area contributed by atoms with Crippen LogP contribution in [0.1, 0.15) is 39.6 Å². The maximum absolute atomic E-state index is 5.30. The molecule has 0 aliphatic heterocycles. The number of methoxy groups -OCH3 is 1.